The minimum atomic E-state index is 0.825. The van der Waals surface area contributed by atoms with Gasteiger partial charge in [-0.2, -0.15) is 0 Å². The van der Waals surface area contributed by atoms with Crippen LogP contribution in [0.3, 0.4) is 0 Å². The summed E-state index contributed by atoms with van der Waals surface area (Å²) < 4.78 is 5.08. The molecule has 17 heavy (non-hydrogen) atoms. The van der Waals surface area contributed by atoms with Gasteiger partial charge in [0.25, 0.3) is 0 Å². The van der Waals surface area contributed by atoms with Crippen molar-refractivity contribution in [2.24, 2.45) is 17.8 Å². The fraction of sp³-hybridized carbons (Fsp3) is 1.00. The first-order chi connectivity index (χ1) is 8.22. The van der Waals surface area contributed by atoms with Crippen molar-refractivity contribution in [1.29, 1.82) is 0 Å². The van der Waals surface area contributed by atoms with E-state index in [1.165, 1.54) is 45.1 Å². The minimum absolute atomic E-state index is 0.825. The Hall–Kier alpha value is -0.0800. The molecule has 0 bridgehead atoms. The quantitative estimate of drug-likeness (QED) is 0.624. The number of hydrogen-bond donors (Lipinski definition) is 1. The largest absolute Gasteiger partial charge is 0.383 e. The molecule has 1 N–H and O–H groups in total. The van der Waals surface area contributed by atoms with Gasteiger partial charge in [0.15, 0.2) is 0 Å². The summed E-state index contributed by atoms with van der Waals surface area (Å²) in [4.78, 5) is 0. The van der Waals surface area contributed by atoms with Crippen LogP contribution in [-0.2, 0) is 4.74 Å². The molecule has 0 heterocycles. The summed E-state index contributed by atoms with van der Waals surface area (Å²) in [5.74, 6) is 2.71. The highest BCUT2D eigenvalue weighted by atomic mass is 16.5. The number of hydrogen-bond acceptors (Lipinski definition) is 2. The molecule has 1 aliphatic rings. The van der Waals surface area contributed by atoms with E-state index >= 15 is 0 Å². The van der Waals surface area contributed by atoms with Crippen LogP contribution in [0, 0.1) is 17.8 Å². The molecule has 0 aromatic rings. The van der Waals surface area contributed by atoms with E-state index in [2.05, 4.69) is 19.2 Å². The average Bonchev–Trinajstić information content (AvgIpc) is 2.76. The third kappa shape index (κ3) is 7.05. The molecule has 0 radical (unpaired) electrons. The standard InChI is InChI=1S/C15H31NO/c1-13(2)10-15(12-16-8-9-17-3)11-14-6-4-5-7-14/h13-16H,4-12H2,1-3H3. The molecule has 2 nitrogen and oxygen atoms in total. The molecule has 0 aliphatic heterocycles. The zero-order chi connectivity index (χ0) is 12.5. The van der Waals surface area contributed by atoms with Gasteiger partial charge in [-0.25, -0.2) is 0 Å². The van der Waals surface area contributed by atoms with E-state index in [0.717, 1.165) is 30.9 Å². The Morgan fingerprint density at radius 3 is 2.53 bits per heavy atom. The molecule has 1 saturated carbocycles. The summed E-state index contributed by atoms with van der Waals surface area (Å²) in [7, 11) is 1.77. The van der Waals surface area contributed by atoms with E-state index in [1.807, 2.05) is 0 Å². The van der Waals surface area contributed by atoms with Crippen molar-refractivity contribution in [2.45, 2.75) is 52.4 Å². The van der Waals surface area contributed by atoms with Crippen LogP contribution in [-0.4, -0.2) is 26.8 Å². The van der Waals surface area contributed by atoms with E-state index in [0.29, 0.717) is 0 Å². The van der Waals surface area contributed by atoms with Gasteiger partial charge in [0.05, 0.1) is 6.61 Å². The predicted molar refractivity (Wildman–Crippen MR) is 74.3 cm³/mol. The lowest BCUT2D eigenvalue weighted by atomic mass is 9.87. The van der Waals surface area contributed by atoms with E-state index < -0.39 is 0 Å². The van der Waals surface area contributed by atoms with Gasteiger partial charge in [-0.1, -0.05) is 39.5 Å². The summed E-state index contributed by atoms with van der Waals surface area (Å²) in [6.45, 7) is 7.69. The van der Waals surface area contributed by atoms with Crippen LogP contribution < -0.4 is 5.32 Å². The van der Waals surface area contributed by atoms with E-state index in [1.54, 1.807) is 7.11 Å². The summed E-state index contributed by atoms with van der Waals surface area (Å²) in [6.07, 6.45) is 8.71. The highest BCUT2D eigenvalue weighted by Crippen LogP contribution is 2.32. The Kier molecular flexibility index (Phi) is 7.87. The van der Waals surface area contributed by atoms with Crippen molar-refractivity contribution >= 4 is 0 Å². The van der Waals surface area contributed by atoms with Crippen LogP contribution in [0.5, 0.6) is 0 Å². The van der Waals surface area contributed by atoms with Crippen LogP contribution in [0.4, 0.5) is 0 Å². The summed E-state index contributed by atoms with van der Waals surface area (Å²) in [6, 6.07) is 0. The smallest absolute Gasteiger partial charge is 0.0587 e. The zero-order valence-electron chi connectivity index (χ0n) is 12.0. The summed E-state index contributed by atoms with van der Waals surface area (Å²) >= 11 is 0. The number of methoxy groups -OCH3 is 1. The van der Waals surface area contributed by atoms with E-state index in [9.17, 15) is 0 Å². The maximum absolute atomic E-state index is 5.08. The number of nitrogens with one attached hydrogen (secondary N) is 1. The first-order valence-electron chi connectivity index (χ1n) is 7.42. The van der Waals surface area contributed by atoms with Gasteiger partial charge in [0.2, 0.25) is 0 Å². The van der Waals surface area contributed by atoms with Gasteiger partial charge in [-0.3, -0.25) is 0 Å². The van der Waals surface area contributed by atoms with Gasteiger partial charge in [0, 0.05) is 13.7 Å². The normalized spacial score (nSPS) is 19.1. The molecule has 2 heteroatoms. The third-order valence-electron chi connectivity index (χ3n) is 3.86. The van der Waals surface area contributed by atoms with Gasteiger partial charge in [-0.05, 0) is 37.1 Å². The average molecular weight is 241 g/mol. The molecule has 0 aromatic heterocycles. The molecule has 1 fully saturated rings. The van der Waals surface area contributed by atoms with Crippen molar-refractivity contribution in [1.82, 2.24) is 5.32 Å². The lowest BCUT2D eigenvalue weighted by Crippen LogP contribution is -2.28. The Morgan fingerprint density at radius 1 is 1.24 bits per heavy atom. The van der Waals surface area contributed by atoms with Gasteiger partial charge in [-0.15, -0.1) is 0 Å². The van der Waals surface area contributed by atoms with Crippen LogP contribution in [0.15, 0.2) is 0 Å². The molecule has 0 amide bonds. The fourth-order valence-electron chi connectivity index (χ4n) is 3.13. The zero-order valence-corrected chi connectivity index (χ0v) is 12.0. The Balaban J connectivity index is 2.21. The monoisotopic (exact) mass is 241 g/mol. The second kappa shape index (κ2) is 8.93. The lowest BCUT2D eigenvalue weighted by molar-refractivity contribution is 0.195. The molecule has 102 valence electrons. The highest BCUT2D eigenvalue weighted by molar-refractivity contribution is 4.74. The van der Waals surface area contributed by atoms with Crippen LogP contribution in [0.1, 0.15) is 52.4 Å². The summed E-state index contributed by atoms with van der Waals surface area (Å²) in [5, 5.41) is 3.54. The topological polar surface area (TPSA) is 21.3 Å². The fourth-order valence-corrected chi connectivity index (χ4v) is 3.13. The third-order valence-corrected chi connectivity index (χ3v) is 3.86. The molecule has 1 rings (SSSR count). The Bertz CT molecular complexity index is 176. The summed E-state index contributed by atoms with van der Waals surface area (Å²) in [5.41, 5.74) is 0. The minimum Gasteiger partial charge on any atom is -0.383 e. The van der Waals surface area contributed by atoms with Crippen LogP contribution in [0.2, 0.25) is 0 Å². The Labute approximate surface area is 108 Å². The van der Waals surface area contributed by atoms with Gasteiger partial charge < -0.3 is 10.1 Å². The van der Waals surface area contributed by atoms with Crippen LogP contribution in [0.25, 0.3) is 0 Å². The SMILES string of the molecule is COCCNCC(CC(C)C)CC1CCCC1. The molecular weight excluding hydrogens is 210 g/mol. The first kappa shape index (κ1) is 15.0. The number of ether oxygens (including phenoxy) is 1. The highest BCUT2D eigenvalue weighted by Gasteiger charge is 2.20. The second-order valence-electron chi connectivity index (χ2n) is 6.08. The van der Waals surface area contributed by atoms with E-state index in [-0.39, 0.29) is 0 Å². The molecule has 1 atom stereocenters. The lowest BCUT2D eigenvalue weighted by Gasteiger charge is -2.22. The molecule has 1 unspecified atom stereocenters. The number of rotatable bonds is 9. The second-order valence-corrected chi connectivity index (χ2v) is 6.08. The van der Waals surface area contributed by atoms with Crippen molar-refractivity contribution in [3.63, 3.8) is 0 Å². The van der Waals surface area contributed by atoms with Crippen molar-refractivity contribution in [2.75, 3.05) is 26.8 Å². The van der Waals surface area contributed by atoms with Crippen molar-refractivity contribution < 1.29 is 4.74 Å². The van der Waals surface area contributed by atoms with E-state index in [4.69, 9.17) is 4.74 Å². The molecular formula is C15H31NO. The van der Waals surface area contributed by atoms with Crippen LogP contribution >= 0.6 is 0 Å². The molecule has 0 spiro atoms. The maximum atomic E-state index is 5.08. The molecule has 1 aliphatic carbocycles. The van der Waals surface area contributed by atoms with Gasteiger partial charge >= 0.3 is 0 Å². The van der Waals surface area contributed by atoms with Crippen molar-refractivity contribution in [3.05, 3.63) is 0 Å². The predicted octanol–water partition coefficient (Wildman–Crippen LogP) is 3.47. The van der Waals surface area contributed by atoms with Crippen molar-refractivity contribution in [3.8, 4) is 0 Å². The van der Waals surface area contributed by atoms with Gasteiger partial charge in [0.1, 0.15) is 0 Å². The Morgan fingerprint density at radius 2 is 1.94 bits per heavy atom. The molecule has 0 saturated heterocycles. The maximum Gasteiger partial charge on any atom is 0.0587 e. The first-order valence-corrected chi connectivity index (χ1v) is 7.42. The molecule has 0 aromatic carbocycles.